The van der Waals surface area contributed by atoms with E-state index in [2.05, 4.69) is 32.1 Å². The standard InChI is InChI=1S/C17H20FN5O/c1-12-11-15(16(24)20-14-6-4-3-5-13(14)18)21-17(19-12)23-9-7-22(2)8-10-23/h3-6,11H,7-10H2,1-2H3,(H,20,24). The van der Waals surface area contributed by atoms with Gasteiger partial charge in [-0.05, 0) is 32.2 Å². The number of carbonyl (C=O) groups excluding carboxylic acids is 1. The number of halogens is 1. The molecule has 1 aromatic heterocycles. The Kier molecular flexibility index (Phi) is 4.71. The second-order valence-electron chi connectivity index (χ2n) is 5.92. The maximum atomic E-state index is 13.7. The van der Waals surface area contributed by atoms with E-state index in [4.69, 9.17) is 0 Å². The Bertz CT molecular complexity index is 744. The Labute approximate surface area is 140 Å². The molecule has 0 unspecified atom stereocenters. The first kappa shape index (κ1) is 16.3. The van der Waals surface area contributed by atoms with Crippen molar-refractivity contribution < 1.29 is 9.18 Å². The Morgan fingerprint density at radius 3 is 2.58 bits per heavy atom. The summed E-state index contributed by atoms with van der Waals surface area (Å²) in [4.78, 5) is 25.5. The molecule has 1 aromatic carbocycles. The number of hydrogen-bond donors (Lipinski definition) is 1. The summed E-state index contributed by atoms with van der Waals surface area (Å²) in [6, 6.07) is 7.67. The molecule has 6 nitrogen and oxygen atoms in total. The highest BCUT2D eigenvalue weighted by Gasteiger charge is 2.19. The number of hydrogen-bond acceptors (Lipinski definition) is 5. The highest BCUT2D eigenvalue weighted by molar-refractivity contribution is 6.03. The number of amides is 1. The molecule has 2 aromatic rings. The van der Waals surface area contributed by atoms with Crippen molar-refractivity contribution in [3.05, 3.63) is 47.5 Å². The van der Waals surface area contributed by atoms with E-state index in [0.717, 1.165) is 26.2 Å². The van der Waals surface area contributed by atoms with Crippen molar-refractivity contribution in [2.75, 3.05) is 43.4 Å². The molecular weight excluding hydrogens is 309 g/mol. The van der Waals surface area contributed by atoms with Crippen LogP contribution in [0.5, 0.6) is 0 Å². The minimum absolute atomic E-state index is 0.139. The summed E-state index contributed by atoms with van der Waals surface area (Å²) in [6.07, 6.45) is 0. The van der Waals surface area contributed by atoms with E-state index in [-0.39, 0.29) is 11.4 Å². The van der Waals surface area contributed by atoms with E-state index in [1.54, 1.807) is 18.2 Å². The molecular formula is C17H20FN5O. The van der Waals surface area contributed by atoms with Crippen LogP contribution in [0.25, 0.3) is 0 Å². The number of rotatable bonds is 3. The number of para-hydroxylation sites is 1. The lowest BCUT2D eigenvalue weighted by Gasteiger charge is -2.32. The fourth-order valence-electron chi connectivity index (χ4n) is 2.57. The van der Waals surface area contributed by atoms with Crippen LogP contribution in [0.2, 0.25) is 0 Å². The summed E-state index contributed by atoms with van der Waals surface area (Å²) in [5.74, 6) is -0.376. The lowest BCUT2D eigenvalue weighted by Crippen LogP contribution is -2.45. The average Bonchev–Trinajstić information content (AvgIpc) is 2.57. The van der Waals surface area contributed by atoms with E-state index in [0.29, 0.717) is 11.6 Å². The van der Waals surface area contributed by atoms with Gasteiger partial charge in [-0.3, -0.25) is 4.79 Å². The molecule has 3 rings (SSSR count). The van der Waals surface area contributed by atoms with Crippen LogP contribution in [-0.2, 0) is 0 Å². The number of likely N-dealkylation sites (N-methyl/N-ethyl adjacent to an activating group) is 1. The molecule has 1 aliphatic rings. The normalized spacial score (nSPS) is 15.4. The maximum absolute atomic E-state index is 13.7. The fourth-order valence-corrected chi connectivity index (χ4v) is 2.57. The molecule has 1 aliphatic heterocycles. The summed E-state index contributed by atoms with van der Waals surface area (Å²) >= 11 is 0. The van der Waals surface area contributed by atoms with Crippen molar-refractivity contribution in [3.8, 4) is 0 Å². The lowest BCUT2D eigenvalue weighted by atomic mass is 10.2. The third-order valence-corrected chi connectivity index (χ3v) is 3.98. The van der Waals surface area contributed by atoms with Crippen LogP contribution in [0.4, 0.5) is 16.0 Å². The van der Waals surface area contributed by atoms with Gasteiger partial charge in [0.15, 0.2) is 0 Å². The molecule has 0 bridgehead atoms. The topological polar surface area (TPSA) is 61.4 Å². The molecule has 1 N–H and O–H groups in total. The molecule has 1 saturated heterocycles. The van der Waals surface area contributed by atoms with Gasteiger partial charge in [0.05, 0.1) is 5.69 Å². The Morgan fingerprint density at radius 2 is 1.88 bits per heavy atom. The van der Waals surface area contributed by atoms with Gasteiger partial charge < -0.3 is 15.1 Å². The highest BCUT2D eigenvalue weighted by atomic mass is 19.1. The number of aryl methyl sites for hydroxylation is 1. The summed E-state index contributed by atoms with van der Waals surface area (Å²) in [5.41, 5.74) is 1.08. The summed E-state index contributed by atoms with van der Waals surface area (Å²) in [7, 11) is 2.07. The largest absolute Gasteiger partial charge is 0.338 e. The average molecular weight is 329 g/mol. The van der Waals surface area contributed by atoms with E-state index < -0.39 is 11.7 Å². The number of aromatic nitrogens is 2. The zero-order valence-corrected chi connectivity index (χ0v) is 13.8. The Balaban J connectivity index is 1.80. The van der Waals surface area contributed by atoms with E-state index >= 15 is 0 Å². The smallest absolute Gasteiger partial charge is 0.274 e. The fraction of sp³-hybridized carbons (Fsp3) is 0.353. The SMILES string of the molecule is Cc1cc(C(=O)Nc2ccccc2F)nc(N2CCN(C)CC2)n1. The molecule has 0 saturated carbocycles. The summed E-state index contributed by atoms with van der Waals surface area (Å²) < 4.78 is 13.7. The number of carbonyl (C=O) groups is 1. The minimum atomic E-state index is -0.476. The van der Waals surface area contributed by atoms with Gasteiger partial charge in [-0.15, -0.1) is 0 Å². The molecule has 2 heterocycles. The molecule has 0 atom stereocenters. The quantitative estimate of drug-likeness (QED) is 0.932. The third-order valence-electron chi connectivity index (χ3n) is 3.98. The van der Waals surface area contributed by atoms with Gasteiger partial charge in [0.2, 0.25) is 5.95 Å². The van der Waals surface area contributed by atoms with Gasteiger partial charge in [0, 0.05) is 31.9 Å². The first-order valence-electron chi connectivity index (χ1n) is 7.88. The monoisotopic (exact) mass is 329 g/mol. The second-order valence-corrected chi connectivity index (χ2v) is 5.92. The molecule has 1 amide bonds. The Morgan fingerprint density at radius 1 is 1.17 bits per heavy atom. The number of nitrogens with zero attached hydrogens (tertiary/aromatic N) is 4. The molecule has 1 fully saturated rings. The third kappa shape index (κ3) is 3.68. The van der Waals surface area contributed by atoms with Crippen LogP contribution in [0.3, 0.4) is 0 Å². The van der Waals surface area contributed by atoms with Crippen molar-refractivity contribution in [1.82, 2.24) is 14.9 Å². The molecule has 0 spiro atoms. The molecule has 0 aliphatic carbocycles. The van der Waals surface area contributed by atoms with Gasteiger partial charge in [0.25, 0.3) is 5.91 Å². The zero-order chi connectivity index (χ0) is 17.1. The molecule has 0 radical (unpaired) electrons. The first-order chi connectivity index (χ1) is 11.5. The predicted octanol–water partition coefficient (Wildman–Crippen LogP) is 1.93. The lowest BCUT2D eigenvalue weighted by molar-refractivity contribution is 0.102. The van der Waals surface area contributed by atoms with Gasteiger partial charge in [-0.1, -0.05) is 12.1 Å². The second kappa shape index (κ2) is 6.92. The number of benzene rings is 1. The summed E-state index contributed by atoms with van der Waals surface area (Å²) in [6.45, 7) is 5.30. The van der Waals surface area contributed by atoms with Gasteiger partial charge in [-0.25, -0.2) is 14.4 Å². The van der Waals surface area contributed by atoms with Crippen molar-refractivity contribution in [2.45, 2.75) is 6.92 Å². The van der Waals surface area contributed by atoms with Gasteiger partial charge in [0.1, 0.15) is 11.5 Å². The number of nitrogens with one attached hydrogen (secondary N) is 1. The predicted molar refractivity (Wildman–Crippen MR) is 90.8 cm³/mol. The minimum Gasteiger partial charge on any atom is -0.338 e. The Hall–Kier alpha value is -2.54. The van der Waals surface area contributed by atoms with E-state index in [1.807, 2.05) is 6.92 Å². The molecule has 7 heteroatoms. The van der Waals surface area contributed by atoms with Gasteiger partial charge in [-0.2, -0.15) is 0 Å². The summed E-state index contributed by atoms with van der Waals surface area (Å²) in [5, 5.41) is 2.56. The highest BCUT2D eigenvalue weighted by Crippen LogP contribution is 2.16. The van der Waals surface area contributed by atoms with Crippen LogP contribution in [-0.4, -0.2) is 54.0 Å². The van der Waals surface area contributed by atoms with Crippen molar-refractivity contribution in [1.29, 1.82) is 0 Å². The van der Waals surface area contributed by atoms with Crippen molar-refractivity contribution >= 4 is 17.5 Å². The molecule has 126 valence electrons. The van der Waals surface area contributed by atoms with Crippen molar-refractivity contribution in [3.63, 3.8) is 0 Å². The van der Waals surface area contributed by atoms with Crippen LogP contribution >= 0.6 is 0 Å². The first-order valence-corrected chi connectivity index (χ1v) is 7.88. The molecule has 24 heavy (non-hydrogen) atoms. The number of anilines is 2. The van der Waals surface area contributed by atoms with E-state index in [9.17, 15) is 9.18 Å². The maximum Gasteiger partial charge on any atom is 0.274 e. The van der Waals surface area contributed by atoms with Crippen LogP contribution in [0.1, 0.15) is 16.2 Å². The van der Waals surface area contributed by atoms with Crippen molar-refractivity contribution in [2.24, 2.45) is 0 Å². The van der Waals surface area contributed by atoms with Crippen LogP contribution in [0.15, 0.2) is 30.3 Å². The van der Waals surface area contributed by atoms with Crippen LogP contribution in [0, 0.1) is 12.7 Å². The van der Waals surface area contributed by atoms with E-state index in [1.165, 1.54) is 12.1 Å². The van der Waals surface area contributed by atoms with Gasteiger partial charge >= 0.3 is 0 Å². The zero-order valence-electron chi connectivity index (χ0n) is 13.8. The number of piperazine rings is 1. The van der Waals surface area contributed by atoms with Crippen LogP contribution < -0.4 is 10.2 Å².